The van der Waals surface area contributed by atoms with Gasteiger partial charge in [0.25, 0.3) is 0 Å². The molecule has 0 unspecified atom stereocenters. The molecule has 118 valence electrons. The first-order valence-electron chi connectivity index (χ1n) is 5.76. The van der Waals surface area contributed by atoms with Crippen molar-refractivity contribution in [1.82, 2.24) is 24.7 Å². The number of carbonyl (C=O) groups is 1. The predicted octanol–water partition coefficient (Wildman–Crippen LogP) is 1.74. The fourth-order valence-electron chi connectivity index (χ4n) is 1.58. The quantitative estimate of drug-likeness (QED) is 0.707. The summed E-state index contributed by atoms with van der Waals surface area (Å²) in [6, 6.07) is 2.22. The number of alkyl halides is 3. The van der Waals surface area contributed by atoms with Crippen LogP contribution >= 0.6 is 15.9 Å². The highest BCUT2D eigenvalue weighted by molar-refractivity contribution is 9.10. The number of hydrogen-bond acceptors (Lipinski definition) is 4. The zero-order valence-corrected chi connectivity index (χ0v) is 12.9. The molecule has 0 saturated carbocycles. The van der Waals surface area contributed by atoms with Crippen LogP contribution in [0.4, 0.5) is 18.0 Å². The molecule has 2 aromatic rings. The zero-order valence-electron chi connectivity index (χ0n) is 11.3. The molecule has 1 amide bonds. The fraction of sp³-hybridized carbons (Fsp3) is 0.273. The molecule has 1 aromatic carbocycles. The molecule has 0 spiro atoms. The number of rotatable bonds is 1. The van der Waals surface area contributed by atoms with E-state index < -0.39 is 23.5 Å². The number of benzene rings is 1. The van der Waals surface area contributed by atoms with Crippen molar-refractivity contribution in [2.45, 2.75) is 6.18 Å². The first kappa shape index (κ1) is 16.2. The maximum absolute atomic E-state index is 12.7. The van der Waals surface area contributed by atoms with Gasteiger partial charge in [0.05, 0.1) is 11.3 Å². The van der Waals surface area contributed by atoms with Gasteiger partial charge in [-0.2, -0.15) is 17.9 Å². The topological polar surface area (TPSA) is 73.0 Å². The van der Waals surface area contributed by atoms with Crippen molar-refractivity contribution >= 4 is 22.0 Å². The van der Waals surface area contributed by atoms with Gasteiger partial charge in [0.2, 0.25) is 0 Å². The molecular weight excluding hydrogens is 371 g/mol. The van der Waals surface area contributed by atoms with Gasteiger partial charge in [-0.05, 0) is 28.6 Å². The minimum absolute atomic E-state index is 0.0441. The van der Waals surface area contributed by atoms with E-state index in [0.717, 1.165) is 27.8 Å². The molecule has 0 aliphatic heterocycles. The van der Waals surface area contributed by atoms with Crippen LogP contribution in [-0.2, 0) is 6.18 Å². The van der Waals surface area contributed by atoms with Gasteiger partial charge < -0.3 is 4.90 Å². The summed E-state index contributed by atoms with van der Waals surface area (Å²) in [5.41, 5.74) is -1.73. The fourth-order valence-corrected chi connectivity index (χ4v) is 2.17. The van der Waals surface area contributed by atoms with Crippen molar-refractivity contribution < 1.29 is 18.0 Å². The van der Waals surface area contributed by atoms with Crippen LogP contribution in [0.5, 0.6) is 0 Å². The van der Waals surface area contributed by atoms with E-state index in [2.05, 4.69) is 26.4 Å². The van der Waals surface area contributed by atoms with Crippen LogP contribution in [0.3, 0.4) is 0 Å². The van der Waals surface area contributed by atoms with Crippen LogP contribution in [0.1, 0.15) is 5.56 Å². The monoisotopic (exact) mass is 379 g/mol. The first-order valence-corrected chi connectivity index (χ1v) is 6.56. The Hall–Kier alpha value is -2.17. The molecular formula is C11H9BrF3N5O2. The number of amides is 1. The molecule has 0 N–H and O–H groups in total. The Kier molecular flexibility index (Phi) is 4.09. The summed E-state index contributed by atoms with van der Waals surface area (Å²) in [6.07, 6.45) is -4.53. The highest BCUT2D eigenvalue weighted by Crippen LogP contribution is 2.35. The Labute approximate surface area is 130 Å². The van der Waals surface area contributed by atoms with Crippen LogP contribution in [-0.4, -0.2) is 44.8 Å². The summed E-state index contributed by atoms with van der Waals surface area (Å²) in [4.78, 5) is 24.8. The molecule has 1 heterocycles. The summed E-state index contributed by atoms with van der Waals surface area (Å²) in [5, 5.41) is 6.89. The standard InChI is InChI=1S/C11H9BrF3N5O2/c1-18(2)9(21)20-10(22)19(16-17-20)6-3-4-7(8(12)5-6)11(13,14)15/h3-5H,1-2H3. The molecule has 7 nitrogen and oxygen atoms in total. The van der Waals surface area contributed by atoms with Crippen LogP contribution in [0, 0.1) is 0 Å². The highest BCUT2D eigenvalue weighted by atomic mass is 79.9. The summed E-state index contributed by atoms with van der Waals surface area (Å²) < 4.78 is 39.0. The Morgan fingerprint density at radius 3 is 2.41 bits per heavy atom. The van der Waals surface area contributed by atoms with E-state index in [4.69, 9.17) is 0 Å². The van der Waals surface area contributed by atoms with E-state index in [-0.39, 0.29) is 10.2 Å². The Morgan fingerprint density at radius 1 is 1.27 bits per heavy atom. The third-order valence-corrected chi connectivity index (χ3v) is 3.30. The number of carbonyl (C=O) groups excluding carboxylic acids is 1. The molecule has 1 aromatic heterocycles. The number of aromatic nitrogens is 4. The molecule has 0 aliphatic rings. The van der Waals surface area contributed by atoms with Gasteiger partial charge in [0.1, 0.15) is 0 Å². The molecule has 0 radical (unpaired) electrons. The normalized spacial score (nSPS) is 11.5. The van der Waals surface area contributed by atoms with Crippen molar-refractivity contribution in [3.8, 4) is 5.69 Å². The summed E-state index contributed by atoms with van der Waals surface area (Å²) in [5.74, 6) is 0. The maximum atomic E-state index is 12.7. The predicted molar refractivity (Wildman–Crippen MR) is 72.8 cm³/mol. The zero-order chi connectivity index (χ0) is 16.7. The van der Waals surface area contributed by atoms with E-state index >= 15 is 0 Å². The first-order chi connectivity index (χ1) is 10.1. The molecule has 11 heteroatoms. The summed E-state index contributed by atoms with van der Waals surface area (Å²) in [6.45, 7) is 0. The smallest absolute Gasteiger partial charge is 0.329 e. The third kappa shape index (κ3) is 2.89. The van der Waals surface area contributed by atoms with Gasteiger partial charge in [0.15, 0.2) is 0 Å². The Bertz CT molecular complexity index is 781. The average Bonchev–Trinajstić information content (AvgIpc) is 2.77. The Balaban J connectivity index is 2.49. The lowest BCUT2D eigenvalue weighted by Crippen LogP contribution is -2.36. The van der Waals surface area contributed by atoms with Gasteiger partial charge >= 0.3 is 17.9 Å². The van der Waals surface area contributed by atoms with E-state index in [1.165, 1.54) is 14.1 Å². The third-order valence-electron chi connectivity index (χ3n) is 2.65. The minimum Gasteiger partial charge on any atom is -0.329 e. The summed E-state index contributed by atoms with van der Waals surface area (Å²) in [7, 11) is 2.84. The molecule has 0 saturated heterocycles. The van der Waals surface area contributed by atoms with Gasteiger partial charge in [-0.1, -0.05) is 15.9 Å². The van der Waals surface area contributed by atoms with Crippen molar-refractivity contribution in [2.24, 2.45) is 0 Å². The molecule has 0 atom stereocenters. The minimum atomic E-state index is -4.53. The highest BCUT2D eigenvalue weighted by Gasteiger charge is 2.33. The van der Waals surface area contributed by atoms with E-state index in [1.807, 2.05) is 0 Å². The second kappa shape index (κ2) is 5.55. The second-order valence-corrected chi connectivity index (χ2v) is 5.28. The van der Waals surface area contributed by atoms with Crippen molar-refractivity contribution in [3.05, 3.63) is 38.7 Å². The van der Waals surface area contributed by atoms with Crippen molar-refractivity contribution in [3.63, 3.8) is 0 Å². The van der Waals surface area contributed by atoms with Gasteiger partial charge in [-0.3, -0.25) is 0 Å². The van der Waals surface area contributed by atoms with Gasteiger partial charge in [-0.15, -0.1) is 4.68 Å². The van der Waals surface area contributed by atoms with Gasteiger partial charge in [0, 0.05) is 18.6 Å². The van der Waals surface area contributed by atoms with E-state index in [1.54, 1.807) is 0 Å². The number of tetrazole rings is 1. The van der Waals surface area contributed by atoms with Crippen LogP contribution in [0.15, 0.2) is 27.5 Å². The molecule has 0 fully saturated rings. The van der Waals surface area contributed by atoms with E-state index in [0.29, 0.717) is 4.68 Å². The van der Waals surface area contributed by atoms with Gasteiger partial charge in [-0.25, -0.2) is 9.59 Å². The maximum Gasteiger partial charge on any atom is 0.417 e. The van der Waals surface area contributed by atoms with E-state index in [9.17, 15) is 22.8 Å². The number of halogens is 4. The largest absolute Gasteiger partial charge is 0.417 e. The number of nitrogens with zero attached hydrogens (tertiary/aromatic N) is 5. The second-order valence-electron chi connectivity index (χ2n) is 4.42. The Morgan fingerprint density at radius 2 is 1.91 bits per heavy atom. The SMILES string of the molecule is CN(C)C(=O)n1nnn(-c2ccc(C(F)(F)F)c(Br)c2)c1=O. The van der Waals surface area contributed by atoms with Crippen LogP contribution < -0.4 is 5.69 Å². The lowest BCUT2D eigenvalue weighted by molar-refractivity contribution is -0.138. The van der Waals surface area contributed by atoms with Crippen molar-refractivity contribution in [2.75, 3.05) is 14.1 Å². The molecule has 22 heavy (non-hydrogen) atoms. The van der Waals surface area contributed by atoms with Crippen LogP contribution in [0.2, 0.25) is 0 Å². The summed E-state index contributed by atoms with van der Waals surface area (Å²) >= 11 is 2.80. The lowest BCUT2D eigenvalue weighted by atomic mass is 10.2. The molecule has 0 bridgehead atoms. The van der Waals surface area contributed by atoms with Crippen LogP contribution in [0.25, 0.3) is 5.69 Å². The lowest BCUT2D eigenvalue weighted by Gasteiger charge is -2.10. The van der Waals surface area contributed by atoms with Crippen molar-refractivity contribution in [1.29, 1.82) is 0 Å². The number of hydrogen-bond donors (Lipinski definition) is 0. The molecule has 0 aliphatic carbocycles. The average molecular weight is 380 g/mol. The molecule has 2 rings (SSSR count).